The number of aryl methyl sites for hydroxylation is 1. The lowest BCUT2D eigenvalue weighted by Crippen LogP contribution is -2.46. The van der Waals surface area contributed by atoms with E-state index in [0.29, 0.717) is 0 Å². The highest BCUT2D eigenvalue weighted by atomic mass is 19.4. The van der Waals surface area contributed by atoms with Gasteiger partial charge in [-0.15, -0.1) is 0 Å². The first-order valence-electron chi connectivity index (χ1n) is 6.55. The monoisotopic (exact) mass is 286 g/mol. The van der Waals surface area contributed by atoms with E-state index in [1.165, 1.54) is 0 Å². The van der Waals surface area contributed by atoms with Crippen molar-refractivity contribution in [2.45, 2.75) is 32.0 Å². The highest BCUT2D eigenvalue weighted by molar-refractivity contribution is 5.82. The van der Waals surface area contributed by atoms with Gasteiger partial charge >= 0.3 is 6.18 Å². The maximum atomic E-state index is 12.1. The van der Waals surface area contributed by atoms with E-state index >= 15 is 0 Å². The van der Waals surface area contributed by atoms with Gasteiger partial charge < -0.3 is 10.2 Å². The molecule has 1 aliphatic rings. The van der Waals surface area contributed by atoms with E-state index in [0.717, 1.165) is 24.1 Å². The second-order valence-electron chi connectivity index (χ2n) is 5.04. The van der Waals surface area contributed by atoms with Gasteiger partial charge in [0.25, 0.3) is 0 Å². The normalized spacial score (nSPS) is 18.6. The van der Waals surface area contributed by atoms with Crippen LogP contribution in [0.4, 0.5) is 18.9 Å². The van der Waals surface area contributed by atoms with Crippen LogP contribution in [-0.2, 0) is 11.2 Å². The summed E-state index contributed by atoms with van der Waals surface area (Å²) in [4.78, 5) is 13.5. The molecule has 0 spiro atoms. The Morgan fingerprint density at radius 2 is 2.10 bits per heavy atom. The molecule has 1 heterocycles. The topological polar surface area (TPSA) is 32.3 Å². The summed E-state index contributed by atoms with van der Waals surface area (Å²) >= 11 is 0. The number of benzene rings is 1. The van der Waals surface area contributed by atoms with Crippen LogP contribution in [0.1, 0.15) is 18.9 Å². The predicted octanol–water partition coefficient (Wildman–Crippen LogP) is 2.51. The van der Waals surface area contributed by atoms with Gasteiger partial charge in [-0.2, -0.15) is 13.2 Å². The second kappa shape index (κ2) is 5.73. The third-order valence-electron chi connectivity index (χ3n) is 3.46. The van der Waals surface area contributed by atoms with Crippen LogP contribution in [0.3, 0.4) is 0 Å². The molecule has 20 heavy (non-hydrogen) atoms. The molecule has 2 rings (SSSR count). The summed E-state index contributed by atoms with van der Waals surface area (Å²) in [5.41, 5.74) is 2.07. The molecule has 0 saturated carbocycles. The Hall–Kier alpha value is -1.72. The average molecular weight is 286 g/mol. The Balaban J connectivity index is 2.03. The van der Waals surface area contributed by atoms with E-state index in [9.17, 15) is 18.0 Å². The molecule has 1 aromatic rings. The van der Waals surface area contributed by atoms with Crippen LogP contribution < -0.4 is 10.2 Å². The predicted molar refractivity (Wildman–Crippen MR) is 70.6 cm³/mol. The van der Waals surface area contributed by atoms with Crippen LogP contribution in [0.5, 0.6) is 0 Å². The quantitative estimate of drug-likeness (QED) is 0.926. The zero-order valence-electron chi connectivity index (χ0n) is 11.2. The van der Waals surface area contributed by atoms with Crippen molar-refractivity contribution in [2.24, 2.45) is 0 Å². The summed E-state index contributed by atoms with van der Waals surface area (Å²) in [6.07, 6.45) is -2.55. The number of anilines is 1. The van der Waals surface area contributed by atoms with Gasteiger partial charge in [-0.25, -0.2) is 0 Å². The molecular formula is C14H17F3N2O. The fourth-order valence-corrected chi connectivity index (χ4v) is 2.41. The van der Waals surface area contributed by atoms with Crippen LogP contribution >= 0.6 is 0 Å². The Morgan fingerprint density at radius 3 is 2.80 bits per heavy atom. The molecule has 110 valence electrons. The van der Waals surface area contributed by atoms with Crippen LogP contribution in [0.15, 0.2) is 24.3 Å². The van der Waals surface area contributed by atoms with E-state index in [1.807, 2.05) is 41.4 Å². The lowest BCUT2D eigenvalue weighted by Gasteiger charge is -2.36. The smallest absolute Gasteiger partial charge is 0.359 e. The van der Waals surface area contributed by atoms with E-state index in [-0.39, 0.29) is 12.6 Å². The van der Waals surface area contributed by atoms with Gasteiger partial charge in [0.15, 0.2) is 0 Å². The molecule has 0 radical (unpaired) electrons. The highest BCUT2D eigenvalue weighted by Gasteiger charge is 2.29. The fraction of sp³-hybridized carbons (Fsp3) is 0.500. The van der Waals surface area contributed by atoms with Crippen LogP contribution in [0.2, 0.25) is 0 Å². The van der Waals surface area contributed by atoms with E-state index < -0.39 is 18.6 Å². The number of rotatable bonds is 3. The zero-order valence-corrected chi connectivity index (χ0v) is 11.2. The lowest BCUT2D eigenvalue weighted by atomic mass is 9.97. The molecule has 6 heteroatoms. The van der Waals surface area contributed by atoms with Crippen LogP contribution in [-0.4, -0.2) is 31.2 Å². The summed E-state index contributed by atoms with van der Waals surface area (Å²) in [5, 5.41) is 1.92. The highest BCUT2D eigenvalue weighted by Crippen LogP contribution is 2.29. The molecule has 0 aromatic heterocycles. The molecule has 0 unspecified atom stereocenters. The number of hydrogen-bond acceptors (Lipinski definition) is 2. The zero-order chi connectivity index (χ0) is 14.8. The number of para-hydroxylation sites is 1. The number of alkyl halides is 3. The summed E-state index contributed by atoms with van der Waals surface area (Å²) in [5.74, 6) is -0.606. The minimum Gasteiger partial charge on any atom is -0.359 e. The Labute approximate surface area is 115 Å². The molecule has 0 bridgehead atoms. The Morgan fingerprint density at radius 1 is 1.40 bits per heavy atom. The molecule has 1 atom stereocenters. The van der Waals surface area contributed by atoms with Gasteiger partial charge in [-0.3, -0.25) is 4.79 Å². The standard InChI is InChI=1S/C14H17F3N2O/c1-10-6-7-11-4-2-3-5-12(11)19(10)8-13(20)18-9-14(15,16)17/h2-5,10H,6-9H2,1H3,(H,18,20)/t10-/m1/s1. The molecular weight excluding hydrogens is 269 g/mol. The number of amides is 1. The number of nitrogens with one attached hydrogen (secondary N) is 1. The third kappa shape index (κ3) is 3.65. The van der Waals surface area contributed by atoms with Gasteiger partial charge in [-0.05, 0) is 31.4 Å². The molecule has 1 aromatic carbocycles. The number of halogens is 3. The minimum absolute atomic E-state index is 0.0474. The maximum Gasteiger partial charge on any atom is 0.405 e. The lowest BCUT2D eigenvalue weighted by molar-refractivity contribution is -0.137. The van der Waals surface area contributed by atoms with Gasteiger partial charge in [0.05, 0.1) is 6.54 Å². The van der Waals surface area contributed by atoms with Crippen LogP contribution in [0, 0.1) is 0 Å². The average Bonchev–Trinajstić information content (AvgIpc) is 2.39. The van der Waals surface area contributed by atoms with Crippen LogP contribution in [0.25, 0.3) is 0 Å². The molecule has 1 amide bonds. The summed E-state index contributed by atoms with van der Waals surface area (Å²) in [6, 6.07) is 7.83. The Bertz CT molecular complexity index is 488. The number of carbonyl (C=O) groups excluding carboxylic acids is 1. The summed E-state index contributed by atoms with van der Waals surface area (Å²) in [7, 11) is 0. The van der Waals surface area contributed by atoms with E-state index in [4.69, 9.17) is 0 Å². The largest absolute Gasteiger partial charge is 0.405 e. The van der Waals surface area contributed by atoms with Crippen molar-refractivity contribution in [2.75, 3.05) is 18.0 Å². The van der Waals surface area contributed by atoms with Gasteiger partial charge in [0.1, 0.15) is 6.54 Å². The summed E-state index contributed by atoms with van der Waals surface area (Å²) < 4.78 is 36.2. The minimum atomic E-state index is -4.37. The van der Waals surface area contributed by atoms with Gasteiger partial charge in [0.2, 0.25) is 5.91 Å². The number of nitrogens with zero attached hydrogens (tertiary/aromatic N) is 1. The molecule has 0 fully saturated rings. The summed E-state index contributed by atoms with van der Waals surface area (Å²) in [6.45, 7) is 0.650. The van der Waals surface area contributed by atoms with Crippen molar-refractivity contribution in [1.82, 2.24) is 5.32 Å². The van der Waals surface area contributed by atoms with Crippen molar-refractivity contribution >= 4 is 11.6 Å². The molecule has 1 N–H and O–H groups in total. The number of carbonyl (C=O) groups is 1. The van der Waals surface area contributed by atoms with E-state index in [2.05, 4.69) is 0 Å². The number of hydrogen-bond donors (Lipinski definition) is 1. The maximum absolute atomic E-state index is 12.1. The van der Waals surface area contributed by atoms with E-state index in [1.54, 1.807) is 0 Å². The molecule has 0 aliphatic carbocycles. The number of fused-ring (bicyclic) bond motifs is 1. The molecule has 3 nitrogen and oxygen atoms in total. The van der Waals surface area contributed by atoms with Gasteiger partial charge in [-0.1, -0.05) is 18.2 Å². The first-order chi connectivity index (χ1) is 9.37. The fourth-order valence-electron chi connectivity index (χ4n) is 2.41. The second-order valence-corrected chi connectivity index (χ2v) is 5.04. The first kappa shape index (κ1) is 14.7. The first-order valence-corrected chi connectivity index (χ1v) is 6.55. The van der Waals surface area contributed by atoms with Crippen molar-refractivity contribution in [3.63, 3.8) is 0 Å². The molecule has 0 saturated heterocycles. The van der Waals surface area contributed by atoms with Crippen molar-refractivity contribution in [3.8, 4) is 0 Å². The van der Waals surface area contributed by atoms with Crippen molar-refractivity contribution < 1.29 is 18.0 Å². The SMILES string of the molecule is C[C@@H]1CCc2ccccc2N1CC(=O)NCC(F)(F)F. The van der Waals surface area contributed by atoms with Crippen molar-refractivity contribution in [3.05, 3.63) is 29.8 Å². The van der Waals surface area contributed by atoms with Gasteiger partial charge in [0, 0.05) is 11.7 Å². The Kier molecular flexibility index (Phi) is 4.20. The molecule has 1 aliphatic heterocycles. The third-order valence-corrected chi connectivity index (χ3v) is 3.46. The van der Waals surface area contributed by atoms with Crippen molar-refractivity contribution in [1.29, 1.82) is 0 Å².